The van der Waals surface area contributed by atoms with Crippen molar-refractivity contribution in [2.24, 2.45) is 5.92 Å². The number of likely N-dealkylation sites (tertiary alicyclic amines) is 1. The molecule has 0 aliphatic carbocycles. The Morgan fingerprint density at radius 3 is 2.35 bits per heavy atom. The topological polar surface area (TPSA) is 88.2 Å². The Labute approximate surface area is 219 Å². The van der Waals surface area contributed by atoms with Gasteiger partial charge in [-0.15, -0.1) is 0 Å². The summed E-state index contributed by atoms with van der Waals surface area (Å²) in [6.45, 7) is 10.7. The van der Waals surface area contributed by atoms with E-state index in [2.05, 4.69) is 37.5 Å². The maximum absolute atomic E-state index is 13.0. The summed E-state index contributed by atoms with van der Waals surface area (Å²) in [5, 5.41) is 5.86. The Morgan fingerprint density at radius 1 is 0.865 bits per heavy atom. The van der Waals surface area contributed by atoms with E-state index in [-0.39, 0.29) is 24.1 Å². The van der Waals surface area contributed by atoms with Crippen molar-refractivity contribution in [2.45, 2.75) is 57.2 Å². The number of piperazine rings is 1. The van der Waals surface area contributed by atoms with Gasteiger partial charge in [0, 0.05) is 63.0 Å². The molecule has 0 aromatic heterocycles. The predicted octanol–water partition coefficient (Wildman–Crippen LogP) is 1.03. The van der Waals surface area contributed by atoms with Crippen LogP contribution in [0.4, 0.5) is 5.69 Å². The lowest BCUT2D eigenvalue weighted by molar-refractivity contribution is -0.136. The van der Waals surface area contributed by atoms with Crippen molar-refractivity contribution in [1.82, 2.24) is 25.3 Å². The highest BCUT2D eigenvalue weighted by Gasteiger charge is 2.39. The molecular formula is C28H40N6O3. The van der Waals surface area contributed by atoms with Crippen LogP contribution in [0, 0.1) is 5.92 Å². The number of benzene rings is 1. The molecule has 2 N–H and O–H groups in total. The highest BCUT2D eigenvalue weighted by molar-refractivity contribution is 6.05. The first-order chi connectivity index (χ1) is 18.0. The quantitative estimate of drug-likeness (QED) is 0.575. The van der Waals surface area contributed by atoms with Gasteiger partial charge >= 0.3 is 0 Å². The maximum atomic E-state index is 13.0. The zero-order valence-electron chi connectivity index (χ0n) is 21.8. The fraction of sp³-hybridized carbons (Fsp3) is 0.679. The van der Waals surface area contributed by atoms with E-state index in [1.54, 1.807) is 4.90 Å². The van der Waals surface area contributed by atoms with Crippen LogP contribution in [0.1, 0.15) is 54.4 Å². The molecule has 9 nitrogen and oxygen atoms in total. The summed E-state index contributed by atoms with van der Waals surface area (Å²) in [5.41, 5.74) is 2.82. The molecule has 5 heterocycles. The van der Waals surface area contributed by atoms with Crippen LogP contribution in [0.3, 0.4) is 0 Å². The van der Waals surface area contributed by atoms with E-state index in [1.165, 1.54) is 58.4 Å². The maximum Gasteiger partial charge on any atom is 0.255 e. The Hall–Kier alpha value is -2.49. The van der Waals surface area contributed by atoms with Crippen LogP contribution < -0.4 is 15.5 Å². The summed E-state index contributed by atoms with van der Waals surface area (Å²) in [6.07, 6.45) is 5.94. The molecule has 0 spiro atoms. The SMILES string of the molecule is O=C1CCC(N2Cc3cc(N4CCN(CC5CCN(C6CCNCC6)CC5)CC4)ccc3C2=O)C(=O)N1. The van der Waals surface area contributed by atoms with E-state index >= 15 is 0 Å². The molecule has 1 atom stereocenters. The standard InChI is InChI=1S/C28H40N6O3/c35-26-4-3-25(27(36)30-26)34-19-21-17-23(1-2-24(21)28(34)37)33-15-13-31(14-16-33)18-20-7-11-32(12-8-20)22-5-9-29-10-6-22/h1-2,17,20,22,25,29H,3-16,18-19H2,(H,30,35,36). The van der Waals surface area contributed by atoms with Crippen LogP contribution in [0.5, 0.6) is 0 Å². The zero-order valence-corrected chi connectivity index (χ0v) is 21.8. The summed E-state index contributed by atoms with van der Waals surface area (Å²) in [4.78, 5) is 46.3. The van der Waals surface area contributed by atoms with Crippen molar-refractivity contribution in [3.8, 4) is 0 Å². The van der Waals surface area contributed by atoms with Gasteiger partial charge in [0.05, 0.1) is 0 Å². The van der Waals surface area contributed by atoms with Crippen LogP contribution in [0.15, 0.2) is 18.2 Å². The normalized spacial score (nSPS) is 27.0. The number of anilines is 1. The summed E-state index contributed by atoms with van der Waals surface area (Å²) in [7, 11) is 0. The third kappa shape index (κ3) is 5.26. The van der Waals surface area contributed by atoms with Gasteiger partial charge in [0.25, 0.3) is 5.91 Å². The van der Waals surface area contributed by atoms with Crippen molar-refractivity contribution in [3.63, 3.8) is 0 Å². The second-order valence-corrected chi connectivity index (χ2v) is 11.5. The van der Waals surface area contributed by atoms with Crippen LogP contribution in [-0.2, 0) is 16.1 Å². The number of imide groups is 1. The predicted molar refractivity (Wildman–Crippen MR) is 141 cm³/mol. The van der Waals surface area contributed by atoms with E-state index < -0.39 is 6.04 Å². The number of carbonyl (C=O) groups is 3. The first-order valence-corrected chi connectivity index (χ1v) is 14.2. The average molecular weight is 509 g/mol. The number of hydrogen-bond acceptors (Lipinski definition) is 7. The van der Waals surface area contributed by atoms with E-state index in [0.29, 0.717) is 18.5 Å². The number of rotatable bonds is 5. The first kappa shape index (κ1) is 24.8. The molecule has 9 heteroatoms. The fourth-order valence-electron chi connectivity index (χ4n) is 6.98. The lowest BCUT2D eigenvalue weighted by atomic mass is 9.93. The van der Waals surface area contributed by atoms with E-state index in [4.69, 9.17) is 0 Å². The van der Waals surface area contributed by atoms with Gasteiger partial charge < -0.3 is 20.0 Å². The van der Waals surface area contributed by atoms with Gasteiger partial charge in [-0.2, -0.15) is 0 Å². The molecule has 5 aliphatic heterocycles. The average Bonchev–Trinajstić information content (AvgIpc) is 3.25. The van der Waals surface area contributed by atoms with Gasteiger partial charge in [-0.3, -0.25) is 24.6 Å². The van der Waals surface area contributed by atoms with E-state index in [9.17, 15) is 14.4 Å². The van der Waals surface area contributed by atoms with Crippen molar-refractivity contribution >= 4 is 23.4 Å². The molecule has 0 bridgehead atoms. The first-order valence-electron chi connectivity index (χ1n) is 14.2. The summed E-state index contributed by atoms with van der Waals surface area (Å²) in [6, 6.07) is 6.34. The Bertz CT molecular complexity index is 1020. The van der Waals surface area contributed by atoms with E-state index in [0.717, 1.165) is 49.4 Å². The number of nitrogens with one attached hydrogen (secondary N) is 2. The lowest BCUT2D eigenvalue weighted by Gasteiger charge is -2.42. The molecule has 37 heavy (non-hydrogen) atoms. The molecule has 5 aliphatic rings. The van der Waals surface area contributed by atoms with Crippen molar-refractivity contribution in [2.75, 3.05) is 63.8 Å². The molecule has 4 saturated heterocycles. The number of carbonyl (C=O) groups excluding carboxylic acids is 3. The molecule has 0 radical (unpaired) electrons. The molecule has 1 unspecified atom stereocenters. The van der Waals surface area contributed by atoms with Crippen LogP contribution in [0.2, 0.25) is 0 Å². The molecular weight excluding hydrogens is 468 g/mol. The molecule has 0 saturated carbocycles. The van der Waals surface area contributed by atoms with Crippen LogP contribution >= 0.6 is 0 Å². The van der Waals surface area contributed by atoms with Gasteiger partial charge in [0.15, 0.2) is 0 Å². The minimum atomic E-state index is -0.559. The Kier molecular flexibility index (Phi) is 7.18. The van der Waals surface area contributed by atoms with Gasteiger partial charge in [0.2, 0.25) is 11.8 Å². The summed E-state index contributed by atoms with van der Waals surface area (Å²) in [5.74, 6) is 0.0982. The lowest BCUT2D eigenvalue weighted by Crippen LogP contribution is -2.52. The zero-order chi connectivity index (χ0) is 25.4. The second kappa shape index (κ2) is 10.7. The second-order valence-electron chi connectivity index (χ2n) is 11.5. The fourth-order valence-corrected chi connectivity index (χ4v) is 6.98. The highest BCUT2D eigenvalue weighted by atomic mass is 16.2. The minimum Gasteiger partial charge on any atom is -0.369 e. The Balaban J connectivity index is 0.991. The highest BCUT2D eigenvalue weighted by Crippen LogP contribution is 2.31. The molecule has 3 amide bonds. The van der Waals surface area contributed by atoms with Crippen molar-refractivity contribution in [3.05, 3.63) is 29.3 Å². The monoisotopic (exact) mass is 508 g/mol. The Morgan fingerprint density at radius 2 is 1.62 bits per heavy atom. The molecule has 4 fully saturated rings. The third-order valence-electron chi connectivity index (χ3n) is 9.24. The number of nitrogens with zero attached hydrogens (tertiary/aromatic N) is 4. The van der Waals surface area contributed by atoms with Crippen molar-refractivity contribution in [1.29, 1.82) is 0 Å². The summed E-state index contributed by atoms with van der Waals surface area (Å²) < 4.78 is 0. The largest absolute Gasteiger partial charge is 0.369 e. The third-order valence-corrected chi connectivity index (χ3v) is 9.24. The van der Waals surface area contributed by atoms with Crippen molar-refractivity contribution < 1.29 is 14.4 Å². The van der Waals surface area contributed by atoms with Crippen LogP contribution in [0.25, 0.3) is 0 Å². The number of piperidine rings is 3. The molecule has 200 valence electrons. The molecule has 1 aromatic carbocycles. The van der Waals surface area contributed by atoms with Gasteiger partial charge in [-0.1, -0.05) is 0 Å². The number of amides is 3. The minimum absolute atomic E-state index is 0.105. The van der Waals surface area contributed by atoms with Crippen LogP contribution in [-0.4, -0.2) is 103 Å². The smallest absolute Gasteiger partial charge is 0.255 e. The van der Waals surface area contributed by atoms with E-state index in [1.807, 2.05) is 6.07 Å². The van der Waals surface area contributed by atoms with Gasteiger partial charge in [0.1, 0.15) is 6.04 Å². The number of hydrogen-bond donors (Lipinski definition) is 2. The van der Waals surface area contributed by atoms with Gasteiger partial charge in [-0.25, -0.2) is 0 Å². The van der Waals surface area contributed by atoms with Gasteiger partial charge in [-0.05, 0) is 88.0 Å². The molecule has 1 aromatic rings. The summed E-state index contributed by atoms with van der Waals surface area (Å²) >= 11 is 0. The molecule has 6 rings (SSSR count). The number of fused-ring (bicyclic) bond motifs is 1.